The average molecular weight is 372 g/mol. The van der Waals surface area contributed by atoms with Crippen LogP contribution in [0.15, 0.2) is 5.03 Å². The number of carbonyl (C=O) groups is 2. The second-order valence-corrected chi connectivity index (χ2v) is 6.31. The van der Waals surface area contributed by atoms with Gasteiger partial charge in [0.2, 0.25) is 5.91 Å². The minimum absolute atomic E-state index is 0.0565. The van der Waals surface area contributed by atoms with Gasteiger partial charge in [-0.3, -0.25) is 4.79 Å². The molecule has 1 heterocycles. The van der Waals surface area contributed by atoms with Crippen molar-refractivity contribution in [1.29, 1.82) is 5.26 Å². The van der Waals surface area contributed by atoms with Crippen molar-refractivity contribution < 1.29 is 27.9 Å². The third kappa shape index (κ3) is 4.63. The highest BCUT2D eigenvalue weighted by Crippen LogP contribution is 2.41. The maximum atomic E-state index is 13.5. The van der Waals surface area contributed by atoms with E-state index in [1.54, 1.807) is 6.07 Å². The van der Waals surface area contributed by atoms with Gasteiger partial charge >= 0.3 is 6.18 Å². The molecular weight excluding hydrogens is 359 g/mol. The number of nitrogens with one attached hydrogen (secondary N) is 1. The first-order chi connectivity index (χ1) is 11.7. The van der Waals surface area contributed by atoms with Gasteiger partial charge in [-0.15, -0.1) is 0 Å². The largest absolute Gasteiger partial charge is 0.548 e. The molecule has 0 saturated heterocycles. The Kier molecular flexibility index (Phi) is 5.89. The molecule has 1 aromatic heterocycles. The zero-order valence-electron chi connectivity index (χ0n) is 12.9. The van der Waals surface area contributed by atoms with E-state index < -0.39 is 35.7 Å². The summed E-state index contributed by atoms with van der Waals surface area (Å²) >= 11 is 0.676. The van der Waals surface area contributed by atoms with Gasteiger partial charge in [0.05, 0.1) is 29.4 Å². The predicted molar refractivity (Wildman–Crippen MR) is 79.3 cm³/mol. The fraction of sp³-hybridized carbons (Fsp3) is 0.467. The van der Waals surface area contributed by atoms with Crippen LogP contribution in [0.3, 0.4) is 0 Å². The summed E-state index contributed by atoms with van der Waals surface area (Å²) in [4.78, 5) is 26.0. The number of nitriles is 1. The molecule has 25 heavy (non-hydrogen) atoms. The zero-order valence-corrected chi connectivity index (χ0v) is 13.7. The first kappa shape index (κ1) is 19.1. The maximum Gasteiger partial charge on any atom is 0.418 e. The lowest BCUT2D eigenvalue weighted by atomic mass is 9.90. The molecule has 134 valence electrons. The quantitative estimate of drug-likeness (QED) is 0.767. The Hall–Kier alpha value is -2.28. The van der Waals surface area contributed by atoms with Gasteiger partial charge in [-0.2, -0.15) is 18.4 Å². The van der Waals surface area contributed by atoms with Crippen LogP contribution in [0.4, 0.5) is 13.2 Å². The summed E-state index contributed by atoms with van der Waals surface area (Å²) in [5.74, 6) is -2.54. The zero-order chi connectivity index (χ0) is 18.6. The Morgan fingerprint density at radius 1 is 1.32 bits per heavy atom. The van der Waals surface area contributed by atoms with E-state index in [-0.39, 0.29) is 22.8 Å². The highest BCUT2D eigenvalue weighted by atomic mass is 32.2. The molecule has 2 rings (SSSR count). The van der Waals surface area contributed by atoms with Crippen molar-refractivity contribution in [1.82, 2.24) is 10.3 Å². The fourth-order valence-corrected chi connectivity index (χ4v) is 3.43. The van der Waals surface area contributed by atoms with Gasteiger partial charge in [0.15, 0.2) is 0 Å². The number of pyridine rings is 1. The van der Waals surface area contributed by atoms with Gasteiger partial charge in [-0.25, -0.2) is 4.98 Å². The van der Waals surface area contributed by atoms with E-state index in [4.69, 9.17) is 0 Å². The van der Waals surface area contributed by atoms with Crippen LogP contribution in [0.5, 0.6) is 0 Å². The number of carboxylic acids is 1. The molecule has 0 fully saturated rings. The molecular formula is C15H13F3N3O3S-. The molecule has 1 aliphatic carbocycles. The highest BCUT2D eigenvalue weighted by Gasteiger charge is 2.39. The van der Waals surface area contributed by atoms with Crippen LogP contribution in [0.25, 0.3) is 0 Å². The van der Waals surface area contributed by atoms with Crippen LogP contribution in [-0.2, 0) is 28.6 Å². The number of aliphatic carboxylic acids is 1. The molecule has 0 atom stereocenters. The van der Waals surface area contributed by atoms with Crippen molar-refractivity contribution in [3.05, 3.63) is 22.4 Å². The molecule has 0 bridgehead atoms. The van der Waals surface area contributed by atoms with Gasteiger partial charge in [0.25, 0.3) is 0 Å². The van der Waals surface area contributed by atoms with E-state index in [1.165, 1.54) is 0 Å². The molecule has 6 nitrogen and oxygen atoms in total. The van der Waals surface area contributed by atoms with Crippen LogP contribution >= 0.6 is 11.8 Å². The molecule has 0 spiro atoms. The fourth-order valence-electron chi connectivity index (χ4n) is 2.60. The normalized spacial score (nSPS) is 13.7. The molecule has 0 saturated carbocycles. The number of halogens is 3. The molecule has 0 aliphatic heterocycles. The van der Waals surface area contributed by atoms with E-state index in [2.05, 4.69) is 4.98 Å². The van der Waals surface area contributed by atoms with Crippen molar-refractivity contribution in [2.24, 2.45) is 0 Å². The van der Waals surface area contributed by atoms with E-state index in [1.807, 2.05) is 5.32 Å². The number of alkyl halides is 3. The molecule has 0 radical (unpaired) electrons. The van der Waals surface area contributed by atoms with E-state index in [9.17, 15) is 33.1 Å². The minimum atomic E-state index is -4.69. The van der Waals surface area contributed by atoms with Crippen molar-refractivity contribution in [2.75, 3.05) is 12.3 Å². The summed E-state index contributed by atoms with van der Waals surface area (Å²) < 4.78 is 40.4. The second kappa shape index (κ2) is 7.74. The summed E-state index contributed by atoms with van der Waals surface area (Å²) in [5.41, 5.74) is -1.21. The Balaban J connectivity index is 2.33. The van der Waals surface area contributed by atoms with Crippen LogP contribution in [0, 0.1) is 11.3 Å². The van der Waals surface area contributed by atoms with Crippen molar-refractivity contribution in [3.8, 4) is 6.07 Å². The molecule has 0 aromatic carbocycles. The van der Waals surface area contributed by atoms with Crippen LogP contribution in [-0.4, -0.2) is 29.2 Å². The molecule has 0 unspecified atom stereocenters. The Bertz CT molecular complexity index is 744. The number of carboxylic acid groups (broad SMARTS) is 1. The lowest BCUT2D eigenvalue weighted by Gasteiger charge is -2.22. The Morgan fingerprint density at radius 3 is 2.60 bits per heavy atom. The van der Waals surface area contributed by atoms with Gasteiger partial charge in [-0.05, 0) is 31.2 Å². The standard InChI is InChI=1S/C15H14F3N3O3S/c16-15(17,18)13-8-3-1-2-4-10(8)21-14(9(13)5-19)25-7-11(22)20-6-12(23)24/h1-4,6-7H2,(H,20,22)(H,23,24)/p-1. The lowest BCUT2D eigenvalue weighted by Crippen LogP contribution is -2.38. The maximum absolute atomic E-state index is 13.5. The molecule has 1 amide bonds. The van der Waals surface area contributed by atoms with Gasteiger partial charge < -0.3 is 15.2 Å². The van der Waals surface area contributed by atoms with Crippen molar-refractivity contribution in [3.63, 3.8) is 0 Å². The number of aromatic nitrogens is 1. The number of amides is 1. The summed E-state index contributed by atoms with van der Waals surface area (Å²) in [7, 11) is 0. The second-order valence-electron chi connectivity index (χ2n) is 5.35. The lowest BCUT2D eigenvalue weighted by molar-refractivity contribution is -0.304. The monoisotopic (exact) mass is 372 g/mol. The van der Waals surface area contributed by atoms with Gasteiger partial charge in [0.1, 0.15) is 11.1 Å². The summed E-state index contributed by atoms with van der Waals surface area (Å²) in [6, 6.07) is 1.56. The van der Waals surface area contributed by atoms with Crippen LogP contribution in [0.1, 0.15) is 35.2 Å². The minimum Gasteiger partial charge on any atom is -0.548 e. The van der Waals surface area contributed by atoms with Gasteiger partial charge in [0, 0.05) is 5.69 Å². The Morgan fingerprint density at radius 2 is 2.00 bits per heavy atom. The number of carbonyl (C=O) groups excluding carboxylic acids is 2. The molecule has 10 heteroatoms. The number of aryl methyl sites for hydroxylation is 1. The first-order valence-corrected chi connectivity index (χ1v) is 8.35. The number of thioether (sulfide) groups is 1. The average Bonchev–Trinajstić information content (AvgIpc) is 2.55. The Labute approximate surface area is 145 Å². The number of fused-ring (bicyclic) bond motifs is 1. The number of rotatable bonds is 5. The topological polar surface area (TPSA) is 106 Å². The number of hydrogen-bond donors (Lipinski definition) is 1. The number of nitrogens with zero attached hydrogens (tertiary/aromatic N) is 2. The third-order valence-electron chi connectivity index (χ3n) is 3.61. The summed E-state index contributed by atoms with van der Waals surface area (Å²) in [6.07, 6.45) is -2.79. The predicted octanol–water partition coefficient (Wildman–Crippen LogP) is 0.809. The highest BCUT2D eigenvalue weighted by molar-refractivity contribution is 8.00. The van der Waals surface area contributed by atoms with Crippen LogP contribution < -0.4 is 10.4 Å². The smallest absolute Gasteiger partial charge is 0.418 e. The molecule has 1 N–H and O–H groups in total. The van der Waals surface area contributed by atoms with E-state index in [0.717, 1.165) is 0 Å². The summed E-state index contributed by atoms with van der Waals surface area (Å²) in [5, 5.41) is 21.4. The third-order valence-corrected chi connectivity index (χ3v) is 4.58. The van der Waals surface area contributed by atoms with Gasteiger partial charge in [-0.1, -0.05) is 11.8 Å². The molecule has 1 aromatic rings. The van der Waals surface area contributed by atoms with Crippen molar-refractivity contribution in [2.45, 2.75) is 36.9 Å². The summed E-state index contributed by atoms with van der Waals surface area (Å²) in [6.45, 7) is -0.698. The van der Waals surface area contributed by atoms with Crippen LogP contribution in [0.2, 0.25) is 0 Å². The van der Waals surface area contributed by atoms with E-state index in [0.29, 0.717) is 36.7 Å². The van der Waals surface area contributed by atoms with Crippen molar-refractivity contribution >= 4 is 23.6 Å². The van der Waals surface area contributed by atoms with E-state index >= 15 is 0 Å². The number of hydrogen-bond acceptors (Lipinski definition) is 6. The first-order valence-electron chi connectivity index (χ1n) is 7.36. The SMILES string of the molecule is N#Cc1c(SCC(=O)NCC(=O)[O-])nc2c(c1C(F)(F)F)CCCC2. The molecule has 1 aliphatic rings.